The van der Waals surface area contributed by atoms with Crippen molar-refractivity contribution in [3.05, 3.63) is 57.2 Å². The highest BCUT2D eigenvalue weighted by molar-refractivity contribution is 7.07. The second-order valence-electron chi connectivity index (χ2n) is 5.97. The van der Waals surface area contributed by atoms with Gasteiger partial charge in [-0.25, -0.2) is 0 Å². The lowest BCUT2D eigenvalue weighted by Crippen LogP contribution is -2.25. The van der Waals surface area contributed by atoms with E-state index in [1.165, 1.54) is 11.1 Å². The largest absolute Gasteiger partial charge is 0.316 e. The third kappa shape index (κ3) is 5.82. The highest BCUT2D eigenvalue weighted by Gasteiger charge is 2.12. The molecule has 1 aromatic heterocycles. The molecule has 114 valence electrons. The van der Waals surface area contributed by atoms with E-state index in [9.17, 15) is 0 Å². The molecule has 0 aliphatic rings. The van der Waals surface area contributed by atoms with E-state index in [-0.39, 0.29) is 0 Å². The lowest BCUT2D eigenvalue weighted by Gasteiger charge is -2.19. The second kappa shape index (κ2) is 8.57. The fourth-order valence-corrected chi connectivity index (χ4v) is 3.37. The first-order valence-corrected chi connectivity index (χ1v) is 8.94. The van der Waals surface area contributed by atoms with E-state index in [4.69, 9.17) is 11.6 Å². The van der Waals surface area contributed by atoms with Crippen molar-refractivity contribution in [1.29, 1.82) is 0 Å². The molecule has 0 bridgehead atoms. The predicted molar refractivity (Wildman–Crippen MR) is 94.5 cm³/mol. The Labute approximate surface area is 137 Å². The van der Waals surface area contributed by atoms with E-state index >= 15 is 0 Å². The summed E-state index contributed by atoms with van der Waals surface area (Å²) in [5.74, 6) is 1.20. The first kappa shape index (κ1) is 16.5. The van der Waals surface area contributed by atoms with Gasteiger partial charge in [0.05, 0.1) is 0 Å². The van der Waals surface area contributed by atoms with Crippen molar-refractivity contribution >= 4 is 22.9 Å². The van der Waals surface area contributed by atoms with E-state index in [0.29, 0.717) is 11.8 Å². The first-order valence-electron chi connectivity index (χ1n) is 7.62. The highest BCUT2D eigenvalue weighted by atomic mass is 35.5. The van der Waals surface area contributed by atoms with Gasteiger partial charge in [0.2, 0.25) is 0 Å². The zero-order valence-corrected chi connectivity index (χ0v) is 14.4. The van der Waals surface area contributed by atoms with Crippen LogP contribution in [0, 0.1) is 5.92 Å². The van der Waals surface area contributed by atoms with Crippen molar-refractivity contribution in [3.63, 3.8) is 0 Å². The summed E-state index contributed by atoms with van der Waals surface area (Å²) in [5.41, 5.74) is 2.78. The molecule has 0 spiro atoms. The molecular formula is C18H24ClNS. The fraction of sp³-hybridized carbons (Fsp3) is 0.444. The number of aryl methyl sites for hydroxylation is 1. The molecule has 0 aliphatic heterocycles. The molecule has 2 aromatic rings. The number of nitrogens with one attached hydrogen (secondary N) is 1. The quantitative estimate of drug-likeness (QED) is 0.689. The summed E-state index contributed by atoms with van der Waals surface area (Å²) >= 11 is 7.93. The van der Waals surface area contributed by atoms with Gasteiger partial charge in [0, 0.05) is 11.6 Å². The Balaban J connectivity index is 1.98. The summed E-state index contributed by atoms with van der Waals surface area (Å²) < 4.78 is 0. The zero-order chi connectivity index (χ0) is 15.1. The third-order valence-electron chi connectivity index (χ3n) is 3.62. The van der Waals surface area contributed by atoms with Crippen LogP contribution in [0.3, 0.4) is 0 Å². The minimum atomic E-state index is 0.516. The van der Waals surface area contributed by atoms with Crippen molar-refractivity contribution in [2.75, 3.05) is 13.1 Å². The van der Waals surface area contributed by atoms with Crippen molar-refractivity contribution in [2.45, 2.75) is 32.6 Å². The summed E-state index contributed by atoms with van der Waals surface area (Å²) in [6, 6.07) is 10.5. The number of thiophene rings is 1. The van der Waals surface area contributed by atoms with Gasteiger partial charge in [-0.05, 0) is 71.3 Å². The molecule has 0 saturated carbocycles. The summed E-state index contributed by atoms with van der Waals surface area (Å²) in [7, 11) is 0. The number of rotatable bonds is 8. The van der Waals surface area contributed by atoms with Crippen LogP contribution in [0.25, 0.3) is 0 Å². The molecule has 1 heterocycles. The summed E-state index contributed by atoms with van der Waals surface area (Å²) in [4.78, 5) is 0. The van der Waals surface area contributed by atoms with E-state index in [2.05, 4.69) is 54.2 Å². The molecule has 1 nitrogen and oxygen atoms in total. The maximum absolute atomic E-state index is 6.15. The minimum Gasteiger partial charge on any atom is -0.316 e. The monoisotopic (exact) mass is 321 g/mol. The maximum atomic E-state index is 6.15. The van der Waals surface area contributed by atoms with Crippen LogP contribution >= 0.6 is 22.9 Å². The molecular weight excluding hydrogens is 298 g/mol. The zero-order valence-electron chi connectivity index (χ0n) is 12.8. The van der Waals surface area contributed by atoms with Crippen LogP contribution < -0.4 is 5.32 Å². The molecule has 0 aliphatic carbocycles. The van der Waals surface area contributed by atoms with Gasteiger partial charge in [-0.2, -0.15) is 11.3 Å². The van der Waals surface area contributed by atoms with Gasteiger partial charge in [-0.3, -0.25) is 0 Å². The van der Waals surface area contributed by atoms with Crippen molar-refractivity contribution in [3.8, 4) is 0 Å². The molecule has 1 unspecified atom stereocenters. The summed E-state index contributed by atoms with van der Waals surface area (Å²) in [5, 5.41) is 8.82. The maximum Gasteiger partial charge on any atom is 0.0408 e. The predicted octanol–water partition coefficient (Wildman–Crippen LogP) is 5.36. The van der Waals surface area contributed by atoms with Crippen LogP contribution in [0.1, 0.15) is 37.3 Å². The number of hydrogen-bond acceptors (Lipinski definition) is 2. The van der Waals surface area contributed by atoms with E-state index < -0.39 is 0 Å². The van der Waals surface area contributed by atoms with Gasteiger partial charge < -0.3 is 5.32 Å². The van der Waals surface area contributed by atoms with Crippen LogP contribution in [0.15, 0.2) is 41.1 Å². The van der Waals surface area contributed by atoms with Gasteiger partial charge in [-0.15, -0.1) is 0 Å². The fourth-order valence-electron chi connectivity index (χ4n) is 2.47. The minimum absolute atomic E-state index is 0.516. The molecule has 0 radical (unpaired) electrons. The Kier molecular flexibility index (Phi) is 6.75. The average Bonchev–Trinajstić information content (AvgIpc) is 2.95. The van der Waals surface area contributed by atoms with E-state index in [1.807, 2.05) is 6.07 Å². The van der Waals surface area contributed by atoms with Crippen LogP contribution in [-0.2, 0) is 6.42 Å². The van der Waals surface area contributed by atoms with Crippen LogP contribution in [-0.4, -0.2) is 13.1 Å². The molecule has 2 rings (SSSR count). The summed E-state index contributed by atoms with van der Waals surface area (Å²) in [6.07, 6.45) is 2.28. The van der Waals surface area contributed by atoms with Gasteiger partial charge >= 0.3 is 0 Å². The number of benzene rings is 1. The van der Waals surface area contributed by atoms with Crippen molar-refractivity contribution in [1.82, 2.24) is 5.32 Å². The number of halogens is 1. The Morgan fingerprint density at radius 1 is 1.19 bits per heavy atom. The Hall–Kier alpha value is -0.830. The normalized spacial score (nSPS) is 12.8. The van der Waals surface area contributed by atoms with Crippen molar-refractivity contribution in [2.24, 2.45) is 5.92 Å². The Bertz CT molecular complexity index is 522. The number of hydrogen-bond donors (Lipinski definition) is 1. The molecule has 3 heteroatoms. The molecule has 0 fully saturated rings. The standard InChI is InChI=1S/C18H24ClNS/c1-14(2)11-20-12-17(7-6-15-8-9-21-13-15)16-4-3-5-18(19)10-16/h3-5,8-10,13-14,17,20H,6-7,11-12H2,1-2H3. The second-order valence-corrected chi connectivity index (χ2v) is 7.19. The molecule has 1 atom stereocenters. The van der Waals surface area contributed by atoms with E-state index in [0.717, 1.165) is 31.0 Å². The lowest BCUT2D eigenvalue weighted by atomic mass is 9.92. The SMILES string of the molecule is CC(C)CNCC(CCc1ccsc1)c1cccc(Cl)c1. The molecule has 1 N–H and O–H groups in total. The Morgan fingerprint density at radius 3 is 2.71 bits per heavy atom. The van der Waals surface area contributed by atoms with Crippen LogP contribution in [0.5, 0.6) is 0 Å². The van der Waals surface area contributed by atoms with Gasteiger partial charge in [0.1, 0.15) is 0 Å². The van der Waals surface area contributed by atoms with Gasteiger partial charge in [0.25, 0.3) is 0 Å². The van der Waals surface area contributed by atoms with Crippen LogP contribution in [0.2, 0.25) is 5.02 Å². The van der Waals surface area contributed by atoms with Gasteiger partial charge in [-0.1, -0.05) is 37.6 Å². The Morgan fingerprint density at radius 2 is 2.05 bits per heavy atom. The topological polar surface area (TPSA) is 12.0 Å². The van der Waals surface area contributed by atoms with Gasteiger partial charge in [0.15, 0.2) is 0 Å². The smallest absolute Gasteiger partial charge is 0.0408 e. The van der Waals surface area contributed by atoms with E-state index in [1.54, 1.807) is 11.3 Å². The molecule has 0 saturated heterocycles. The molecule has 0 amide bonds. The average molecular weight is 322 g/mol. The molecule has 1 aromatic carbocycles. The summed E-state index contributed by atoms with van der Waals surface area (Å²) in [6.45, 7) is 6.57. The lowest BCUT2D eigenvalue weighted by molar-refractivity contribution is 0.500. The third-order valence-corrected chi connectivity index (χ3v) is 4.59. The highest BCUT2D eigenvalue weighted by Crippen LogP contribution is 2.24. The first-order chi connectivity index (χ1) is 10.1. The molecule has 21 heavy (non-hydrogen) atoms. The van der Waals surface area contributed by atoms with Crippen LogP contribution in [0.4, 0.5) is 0 Å². The van der Waals surface area contributed by atoms with Crippen molar-refractivity contribution < 1.29 is 0 Å².